The lowest BCUT2D eigenvalue weighted by Crippen LogP contribution is -2.09. The number of primary amides is 1. The van der Waals surface area contributed by atoms with Crippen molar-refractivity contribution < 1.29 is 9.90 Å². The fourth-order valence-electron chi connectivity index (χ4n) is 1.71. The third-order valence-electron chi connectivity index (χ3n) is 2.76. The average Bonchev–Trinajstić information content (AvgIpc) is 2.87. The highest BCUT2D eigenvalue weighted by Crippen LogP contribution is 2.17. The summed E-state index contributed by atoms with van der Waals surface area (Å²) in [6.07, 6.45) is 0.674. The van der Waals surface area contributed by atoms with Crippen LogP contribution in [-0.2, 0) is 13.0 Å². The first-order valence-electron chi connectivity index (χ1n) is 6.00. The first-order chi connectivity index (χ1) is 9.19. The van der Waals surface area contributed by atoms with E-state index in [1.54, 1.807) is 11.4 Å². The second-order valence-electron chi connectivity index (χ2n) is 4.19. The Kier molecular flexibility index (Phi) is 4.54. The molecule has 1 heterocycles. The molecule has 4 N–H and O–H groups in total. The van der Waals surface area contributed by atoms with Crippen LogP contribution < -0.4 is 11.1 Å². The first-order valence-corrected chi connectivity index (χ1v) is 6.88. The summed E-state index contributed by atoms with van der Waals surface area (Å²) in [7, 11) is 0. The van der Waals surface area contributed by atoms with E-state index < -0.39 is 5.91 Å². The summed E-state index contributed by atoms with van der Waals surface area (Å²) in [5.74, 6) is -0.393. The summed E-state index contributed by atoms with van der Waals surface area (Å²) >= 11 is 1.51. The molecule has 0 atom stereocenters. The van der Waals surface area contributed by atoms with Crippen molar-refractivity contribution in [2.45, 2.75) is 13.0 Å². The Bertz CT molecular complexity index is 549. The van der Waals surface area contributed by atoms with E-state index in [9.17, 15) is 4.79 Å². The quantitative estimate of drug-likeness (QED) is 0.755. The predicted octanol–water partition coefficient (Wildman–Crippen LogP) is 1.99. The van der Waals surface area contributed by atoms with Gasteiger partial charge < -0.3 is 16.2 Å². The average molecular weight is 276 g/mol. The lowest BCUT2D eigenvalue weighted by molar-refractivity contribution is 0.100. The minimum Gasteiger partial charge on any atom is -0.396 e. The summed E-state index contributed by atoms with van der Waals surface area (Å²) in [5, 5.41) is 13.9. The topological polar surface area (TPSA) is 75.4 Å². The van der Waals surface area contributed by atoms with E-state index in [4.69, 9.17) is 10.8 Å². The van der Waals surface area contributed by atoms with Gasteiger partial charge in [-0.05, 0) is 30.2 Å². The van der Waals surface area contributed by atoms with Crippen LogP contribution in [0.3, 0.4) is 0 Å². The minimum atomic E-state index is -0.393. The highest BCUT2D eigenvalue weighted by Gasteiger charge is 2.04. The number of thiophene rings is 1. The van der Waals surface area contributed by atoms with Crippen molar-refractivity contribution in [3.05, 3.63) is 51.7 Å². The number of amides is 1. The Morgan fingerprint density at radius 2 is 2.05 bits per heavy atom. The van der Waals surface area contributed by atoms with Gasteiger partial charge in [0.15, 0.2) is 0 Å². The van der Waals surface area contributed by atoms with Crippen LogP contribution in [0, 0.1) is 0 Å². The number of nitrogens with two attached hydrogens (primary N) is 1. The summed E-state index contributed by atoms with van der Waals surface area (Å²) in [4.78, 5) is 12.0. The number of carbonyl (C=O) groups excluding carboxylic acids is 1. The van der Waals surface area contributed by atoms with Gasteiger partial charge in [-0.25, -0.2) is 0 Å². The largest absolute Gasteiger partial charge is 0.396 e. The zero-order valence-corrected chi connectivity index (χ0v) is 11.2. The van der Waals surface area contributed by atoms with Crippen LogP contribution in [0.2, 0.25) is 0 Å². The van der Waals surface area contributed by atoms with E-state index in [-0.39, 0.29) is 6.61 Å². The summed E-state index contributed by atoms with van der Waals surface area (Å²) in [5.41, 5.74) is 7.88. The highest BCUT2D eigenvalue weighted by molar-refractivity contribution is 7.10. The van der Waals surface area contributed by atoms with E-state index in [0.29, 0.717) is 18.5 Å². The first kappa shape index (κ1) is 13.6. The maximum Gasteiger partial charge on any atom is 0.249 e. The van der Waals surface area contributed by atoms with Gasteiger partial charge in [-0.1, -0.05) is 12.1 Å². The molecule has 1 aromatic heterocycles. The van der Waals surface area contributed by atoms with Crippen molar-refractivity contribution in [2.24, 2.45) is 5.73 Å². The van der Waals surface area contributed by atoms with Gasteiger partial charge in [-0.15, -0.1) is 11.3 Å². The van der Waals surface area contributed by atoms with Gasteiger partial charge in [0, 0.05) is 29.1 Å². The molecule has 0 radical (unpaired) electrons. The lowest BCUT2D eigenvalue weighted by Gasteiger charge is -2.05. The monoisotopic (exact) mass is 276 g/mol. The maximum absolute atomic E-state index is 11.0. The highest BCUT2D eigenvalue weighted by atomic mass is 32.1. The molecule has 2 rings (SSSR count). The molecule has 1 amide bonds. The van der Waals surface area contributed by atoms with Crippen LogP contribution >= 0.6 is 11.3 Å². The minimum absolute atomic E-state index is 0.165. The third kappa shape index (κ3) is 3.81. The third-order valence-corrected chi connectivity index (χ3v) is 3.70. The van der Waals surface area contributed by atoms with Crippen LogP contribution in [0.5, 0.6) is 0 Å². The maximum atomic E-state index is 11.0. The smallest absolute Gasteiger partial charge is 0.249 e. The molecule has 0 fully saturated rings. The number of rotatable bonds is 6. The molecule has 0 saturated heterocycles. The van der Waals surface area contributed by atoms with Gasteiger partial charge in [0.05, 0.1) is 5.56 Å². The second kappa shape index (κ2) is 6.36. The zero-order chi connectivity index (χ0) is 13.7. The van der Waals surface area contributed by atoms with Crippen molar-refractivity contribution >= 4 is 22.9 Å². The Morgan fingerprint density at radius 1 is 1.32 bits per heavy atom. The number of aliphatic hydroxyl groups is 1. The summed E-state index contributed by atoms with van der Waals surface area (Å²) in [6.45, 7) is 0.829. The van der Waals surface area contributed by atoms with Gasteiger partial charge in [0.2, 0.25) is 5.91 Å². The van der Waals surface area contributed by atoms with E-state index in [1.807, 2.05) is 24.3 Å². The molecule has 0 saturated carbocycles. The Balaban J connectivity index is 1.92. The number of aliphatic hydroxyl groups excluding tert-OH is 1. The predicted molar refractivity (Wildman–Crippen MR) is 77.4 cm³/mol. The zero-order valence-electron chi connectivity index (χ0n) is 10.4. The van der Waals surface area contributed by atoms with Crippen molar-refractivity contribution in [1.29, 1.82) is 0 Å². The van der Waals surface area contributed by atoms with Crippen LogP contribution in [0.1, 0.15) is 20.8 Å². The van der Waals surface area contributed by atoms with E-state index in [0.717, 1.165) is 16.1 Å². The molecule has 5 heteroatoms. The molecule has 2 aromatic rings. The number of nitrogens with one attached hydrogen (secondary N) is 1. The number of carbonyl (C=O) groups is 1. The second-order valence-corrected chi connectivity index (χ2v) is 5.19. The molecule has 0 aliphatic rings. The summed E-state index contributed by atoms with van der Waals surface area (Å²) in [6, 6.07) is 9.74. The number of anilines is 1. The van der Waals surface area contributed by atoms with Crippen LogP contribution in [0.15, 0.2) is 35.7 Å². The van der Waals surface area contributed by atoms with Gasteiger partial charge in [-0.3, -0.25) is 4.79 Å². The molecule has 19 heavy (non-hydrogen) atoms. The standard InChI is InChI=1S/C14H16N2O2S/c15-14(18)11-7-13(19-9-11)8-16-12-3-1-10(2-4-12)5-6-17/h1-4,7,9,16-17H,5-6,8H2,(H2,15,18). The van der Waals surface area contributed by atoms with Gasteiger partial charge in [-0.2, -0.15) is 0 Å². The molecular formula is C14H16N2O2S. The van der Waals surface area contributed by atoms with Crippen molar-refractivity contribution in [1.82, 2.24) is 0 Å². The molecule has 4 nitrogen and oxygen atoms in total. The van der Waals surface area contributed by atoms with Gasteiger partial charge >= 0.3 is 0 Å². The van der Waals surface area contributed by atoms with Crippen LogP contribution in [-0.4, -0.2) is 17.6 Å². The Morgan fingerprint density at radius 3 is 2.63 bits per heavy atom. The van der Waals surface area contributed by atoms with E-state index in [2.05, 4.69) is 5.32 Å². The van der Waals surface area contributed by atoms with Crippen molar-refractivity contribution in [3.63, 3.8) is 0 Å². The molecule has 100 valence electrons. The number of hydrogen-bond acceptors (Lipinski definition) is 4. The molecule has 0 bridgehead atoms. The Hall–Kier alpha value is -1.85. The van der Waals surface area contributed by atoms with Crippen LogP contribution in [0.25, 0.3) is 0 Å². The molecule has 0 aliphatic heterocycles. The van der Waals surface area contributed by atoms with Gasteiger partial charge in [0.1, 0.15) is 0 Å². The fraction of sp³-hybridized carbons (Fsp3) is 0.214. The van der Waals surface area contributed by atoms with E-state index in [1.165, 1.54) is 11.3 Å². The Labute approximate surface area is 115 Å². The molecular weight excluding hydrogens is 260 g/mol. The van der Waals surface area contributed by atoms with Crippen molar-refractivity contribution in [3.8, 4) is 0 Å². The molecule has 1 aromatic carbocycles. The molecule has 0 aliphatic carbocycles. The number of benzene rings is 1. The van der Waals surface area contributed by atoms with E-state index >= 15 is 0 Å². The fourth-order valence-corrected chi connectivity index (χ4v) is 2.52. The summed E-state index contributed by atoms with van der Waals surface area (Å²) < 4.78 is 0. The SMILES string of the molecule is NC(=O)c1csc(CNc2ccc(CCO)cc2)c1. The molecule has 0 unspecified atom stereocenters. The number of hydrogen-bond donors (Lipinski definition) is 3. The lowest BCUT2D eigenvalue weighted by atomic mass is 10.1. The van der Waals surface area contributed by atoms with Gasteiger partial charge in [0.25, 0.3) is 0 Å². The van der Waals surface area contributed by atoms with Crippen molar-refractivity contribution in [2.75, 3.05) is 11.9 Å². The molecule has 0 spiro atoms. The van der Waals surface area contributed by atoms with Crippen LogP contribution in [0.4, 0.5) is 5.69 Å². The normalized spacial score (nSPS) is 10.4.